The van der Waals surface area contributed by atoms with Gasteiger partial charge < -0.3 is 4.90 Å². The molecule has 0 aliphatic rings. The highest BCUT2D eigenvalue weighted by molar-refractivity contribution is 9.10. The summed E-state index contributed by atoms with van der Waals surface area (Å²) in [6.45, 7) is 5.88. The molecule has 0 radical (unpaired) electrons. The summed E-state index contributed by atoms with van der Waals surface area (Å²) in [5, 5.41) is 5.10. The van der Waals surface area contributed by atoms with Gasteiger partial charge in [-0.2, -0.15) is 0 Å². The van der Waals surface area contributed by atoms with E-state index < -0.39 is 10.0 Å². The Morgan fingerprint density at radius 2 is 1.95 bits per heavy atom. The van der Waals surface area contributed by atoms with E-state index in [1.807, 2.05) is 20.8 Å². The Labute approximate surface area is 128 Å². The number of sulfonamides is 1. The Bertz CT molecular complexity index is 627. The van der Waals surface area contributed by atoms with Crippen LogP contribution in [0.15, 0.2) is 27.6 Å². The number of halogens is 1. The molecule has 0 unspecified atom stereocenters. The normalized spacial score (nSPS) is 12.3. The fourth-order valence-corrected chi connectivity index (χ4v) is 2.49. The molecular weight excluding hydrogens is 344 g/mol. The van der Waals surface area contributed by atoms with Crippen LogP contribution in [0.5, 0.6) is 0 Å². The van der Waals surface area contributed by atoms with Crippen molar-refractivity contribution in [1.82, 2.24) is 4.90 Å². The number of rotatable bonds is 4. The van der Waals surface area contributed by atoms with Crippen molar-refractivity contribution < 1.29 is 13.2 Å². The summed E-state index contributed by atoms with van der Waals surface area (Å²) >= 11 is 3.27. The molecule has 7 heteroatoms. The van der Waals surface area contributed by atoms with Crippen LogP contribution in [0.25, 0.3) is 0 Å². The van der Waals surface area contributed by atoms with E-state index in [1.165, 1.54) is 18.2 Å². The lowest BCUT2D eigenvalue weighted by Gasteiger charge is -2.35. The van der Waals surface area contributed by atoms with E-state index in [9.17, 15) is 13.2 Å². The summed E-state index contributed by atoms with van der Waals surface area (Å²) < 4.78 is 23.3. The van der Waals surface area contributed by atoms with Gasteiger partial charge in [0, 0.05) is 17.1 Å². The summed E-state index contributed by atoms with van der Waals surface area (Å²) in [4.78, 5) is 14.0. The Morgan fingerprint density at radius 3 is 2.40 bits per heavy atom. The van der Waals surface area contributed by atoms with Gasteiger partial charge in [-0.1, -0.05) is 6.92 Å². The predicted octanol–water partition coefficient (Wildman–Crippen LogP) is 2.36. The van der Waals surface area contributed by atoms with Crippen molar-refractivity contribution in [1.29, 1.82) is 0 Å². The Balaban J connectivity index is 3.30. The number of carbonyl (C=O) groups is 1. The van der Waals surface area contributed by atoms with Crippen molar-refractivity contribution in [3.63, 3.8) is 0 Å². The summed E-state index contributed by atoms with van der Waals surface area (Å²) in [7, 11) is -2.14. The number of hydrogen-bond donors (Lipinski definition) is 1. The van der Waals surface area contributed by atoms with Crippen LogP contribution in [-0.2, 0) is 10.0 Å². The van der Waals surface area contributed by atoms with Crippen LogP contribution in [0.2, 0.25) is 0 Å². The van der Waals surface area contributed by atoms with Gasteiger partial charge in [0.25, 0.3) is 5.91 Å². The minimum atomic E-state index is -3.83. The third kappa shape index (κ3) is 3.59. The van der Waals surface area contributed by atoms with Crippen molar-refractivity contribution in [2.24, 2.45) is 5.14 Å². The van der Waals surface area contributed by atoms with Crippen molar-refractivity contribution in [3.05, 3.63) is 28.2 Å². The standard InChI is InChI=1S/C13H19BrN2O3S/c1-5-13(2,3)16(4)12(17)10-8-9(20(15,18)19)6-7-11(10)14/h6-8H,5H2,1-4H3,(H2,15,18,19). The first-order valence-electron chi connectivity index (χ1n) is 6.11. The molecule has 1 aromatic carbocycles. The Hall–Kier alpha value is -0.920. The molecule has 0 bridgehead atoms. The van der Waals surface area contributed by atoms with E-state index in [2.05, 4.69) is 15.9 Å². The number of hydrogen-bond acceptors (Lipinski definition) is 3. The average molecular weight is 363 g/mol. The lowest BCUT2D eigenvalue weighted by molar-refractivity contribution is 0.0619. The van der Waals surface area contributed by atoms with Crippen LogP contribution in [0.3, 0.4) is 0 Å². The number of benzene rings is 1. The highest BCUT2D eigenvalue weighted by Crippen LogP contribution is 2.25. The molecule has 20 heavy (non-hydrogen) atoms. The number of carbonyl (C=O) groups excluding carboxylic acids is 1. The average Bonchev–Trinajstić information content (AvgIpc) is 2.36. The Morgan fingerprint density at radius 1 is 1.40 bits per heavy atom. The van der Waals surface area contributed by atoms with Crippen LogP contribution in [0, 0.1) is 0 Å². The van der Waals surface area contributed by atoms with E-state index in [0.29, 0.717) is 4.47 Å². The van der Waals surface area contributed by atoms with Crippen LogP contribution in [-0.4, -0.2) is 31.8 Å². The van der Waals surface area contributed by atoms with Crippen molar-refractivity contribution in [2.75, 3.05) is 7.05 Å². The molecule has 0 saturated heterocycles. The fraction of sp³-hybridized carbons (Fsp3) is 0.462. The van der Waals surface area contributed by atoms with Gasteiger partial charge in [-0.05, 0) is 54.4 Å². The van der Waals surface area contributed by atoms with Gasteiger partial charge in [0.2, 0.25) is 10.0 Å². The maximum atomic E-state index is 12.5. The number of amides is 1. The minimum Gasteiger partial charge on any atom is -0.337 e. The van der Waals surface area contributed by atoms with Crippen LogP contribution >= 0.6 is 15.9 Å². The molecule has 112 valence electrons. The van der Waals surface area contributed by atoms with E-state index in [-0.39, 0.29) is 21.9 Å². The summed E-state index contributed by atoms with van der Waals surface area (Å²) in [6.07, 6.45) is 0.780. The molecule has 0 fully saturated rings. The predicted molar refractivity (Wildman–Crippen MR) is 82.0 cm³/mol. The van der Waals surface area contributed by atoms with Crippen molar-refractivity contribution in [3.8, 4) is 0 Å². The molecule has 0 saturated carbocycles. The summed E-state index contributed by atoms with van der Waals surface area (Å²) in [5.41, 5.74) is -0.0470. The third-order valence-corrected chi connectivity index (χ3v) is 5.18. The fourth-order valence-electron chi connectivity index (χ4n) is 1.54. The van der Waals surface area contributed by atoms with Gasteiger partial charge in [0.1, 0.15) is 0 Å². The van der Waals surface area contributed by atoms with Crippen LogP contribution in [0.1, 0.15) is 37.6 Å². The van der Waals surface area contributed by atoms with Gasteiger partial charge in [-0.15, -0.1) is 0 Å². The summed E-state index contributed by atoms with van der Waals surface area (Å²) in [6, 6.07) is 4.17. The maximum Gasteiger partial charge on any atom is 0.255 e. The van der Waals surface area contributed by atoms with Crippen LogP contribution in [0.4, 0.5) is 0 Å². The van der Waals surface area contributed by atoms with Gasteiger partial charge in [0.15, 0.2) is 0 Å². The lowest BCUT2D eigenvalue weighted by atomic mass is 9.99. The van der Waals surface area contributed by atoms with Gasteiger partial charge >= 0.3 is 0 Å². The summed E-state index contributed by atoms with van der Waals surface area (Å²) in [5.74, 6) is -0.255. The first-order valence-corrected chi connectivity index (χ1v) is 8.45. The zero-order valence-corrected chi connectivity index (χ0v) is 14.4. The number of nitrogens with two attached hydrogens (primary N) is 1. The second-order valence-electron chi connectivity index (χ2n) is 5.22. The number of primary sulfonamides is 1. The van der Waals surface area contributed by atoms with E-state index in [1.54, 1.807) is 11.9 Å². The molecule has 5 nitrogen and oxygen atoms in total. The molecule has 1 aromatic rings. The van der Waals surface area contributed by atoms with E-state index >= 15 is 0 Å². The molecule has 0 heterocycles. The second-order valence-corrected chi connectivity index (χ2v) is 7.63. The van der Waals surface area contributed by atoms with E-state index in [4.69, 9.17) is 5.14 Å². The van der Waals surface area contributed by atoms with Crippen molar-refractivity contribution in [2.45, 2.75) is 37.6 Å². The van der Waals surface area contributed by atoms with Crippen LogP contribution < -0.4 is 5.14 Å². The molecule has 2 N–H and O–H groups in total. The highest BCUT2D eigenvalue weighted by Gasteiger charge is 2.28. The molecule has 0 aliphatic heterocycles. The zero-order valence-electron chi connectivity index (χ0n) is 12.0. The van der Waals surface area contributed by atoms with Gasteiger partial charge in [0.05, 0.1) is 10.5 Å². The SMILES string of the molecule is CCC(C)(C)N(C)C(=O)c1cc(S(N)(=O)=O)ccc1Br. The second kappa shape index (κ2) is 5.83. The molecule has 0 atom stereocenters. The van der Waals surface area contributed by atoms with Crippen molar-refractivity contribution >= 4 is 31.9 Å². The first-order chi connectivity index (χ1) is 9.00. The lowest BCUT2D eigenvalue weighted by Crippen LogP contribution is -2.44. The molecule has 0 aliphatic carbocycles. The molecule has 1 rings (SSSR count). The third-order valence-electron chi connectivity index (χ3n) is 3.57. The van der Waals surface area contributed by atoms with E-state index in [0.717, 1.165) is 6.42 Å². The number of nitrogens with zero attached hydrogens (tertiary/aromatic N) is 1. The molecule has 0 spiro atoms. The largest absolute Gasteiger partial charge is 0.337 e. The maximum absolute atomic E-state index is 12.5. The molecule has 0 aromatic heterocycles. The topological polar surface area (TPSA) is 80.5 Å². The first kappa shape index (κ1) is 17.1. The minimum absolute atomic E-state index is 0.0771. The Kier molecular flexibility index (Phi) is 4.99. The zero-order chi connectivity index (χ0) is 15.7. The highest BCUT2D eigenvalue weighted by atomic mass is 79.9. The van der Waals surface area contributed by atoms with Gasteiger partial charge in [-0.25, -0.2) is 13.6 Å². The molecular formula is C13H19BrN2O3S. The monoisotopic (exact) mass is 362 g/mol. The smallest absolute Gasteiger partial charge is 0.255 e. The quantitative estimate of drug-likeness (QED) is 0.892. The molecule has 1 amide bonds. The van der Waals surface area contributed by atoms with Gasteiger partial charge in [-0.3, -0.25) is 4.79 Å².